The van der Waals surface area contributed by atoms with Crippen LogP contribution in [0.15, 0.2) is 42.5 Å². The maximum Gasteiger partial charge on any atom is 0.272 e. The van der Waals surface area contributed by atoms with Crippen molar-refractivity contribution in [1.82, 2.24) is 20.0 Å². The van der Waals surface area contributed by atoms with Crippen molar-refractivity contribution >= 4 is 11.6 Å². The largest absolute Gasteiger partial charge is 0.369 e. The summed E-state index contributed by atoms with van der Waals surface area (Å²) in [5.74, 6) is -2.34. The Labute approximate surface area is 196 Å². The van der Waals surface area contributed by atoms with Gasteiger partial charge in [-0.2, -0.15) is 5.10 Å². The molecular formula is C25H26F3N5O. The van der Waals surface area contributed by atoms with Crippen molar-refractivity contribution in [2.75, 3.05) is 44.2 Å². The molecule has 2 aromatic carbocycles. The van der Waals surface area contributed by atoms with E-state index in [1.165, 1.54) is 18.2 Å². The van der Waals surface area contributed by atoms with Gasteiger partial charge < -0.3 is 10.2 Å². The zero-order valence-corrected chi connectivity index (χ0v) is 18.7. The summed E-state index contributed by atoms with van der Waals surface area (Å²) in [4.78, 5) is 17.4. The first kappa shape index (κ1) is 22.5. The highest BCUT2D eigenvalue weighted by Crippen LogP contribution is 2.28. The normalized spacial score (nSPS) is 16.0. The number of rotatable bonds is 6. The van der Waals surface area contributed by atoms with Crippen LogP contribution >= 0.6 is 0 Å². The molecule has 0 spiro atoms. The Morgan fingerprint density at radius 1 is 0.912 bits per heavy atom. The van der Waals surface area contributed by atoms with E-state index in [0.717, 1.165) is 81.1 Å². The number of carbonyl (C=O) groups excluding carboxylic acids is 1. The molecule has 6 nitrogen and oxygen atoms in total. The second kappa shape index (κ2) is 9.50. The number of benzene rings is 2. The molecular weight excluding hydrogens is 443 g/mol. The predicted molar refractivity (Wildman–Crippen MR) is 123 cm³/mol. The number of nitrogens with one attached hydrogen (secondary N) is 1. The van der Waals surface area contributed by atoms with Gasteiger partial charge in [-0.25, -0.2) is 17.9 Å². The summed E-state index contributed by atoms with van der Waals surface area (Å²) in [5, 5.41) is 7.42. The summed E-state index contributed by atoms with van der Waals surface area (Å²) in [5.41, 5.74) is 3.55. The van der Waals surface area contributed by atoms with Gasteiger partial charge in [0, 0.05) is 62.3 Å². The highest BCUT2D eigenvalue weighted by molar-refractivity contribution is 5.94. The Balaban J connectivity index is 1.17. The second-order valence-corrected chi connectivity index (χ2v) is 8.70. The number of aromatic nitrogens is 2. The van der Waals surface area contributed by atoms with Crippen LogP contribution in [0.4, 0.5) is 18.9 Å². The molecule has 5 rings (SSSR count). The van der Waals surface area contributed by atoms with Crippen molar-refractivity contribution in [2.24, 2.45) is 0 Å². The van der Waals surface area contributed by atoms with Gasteiger partial charge in [-0.1, -0.05) is 0 Å². The van der Waals surface area contributed by atoms with Crippen molar-refractivity contribution in [3.05, 3.63) is 76.9 Å². The van der Waals surface area contributed by atoms with Crippen LogP contribution in [0, 0.1) is 17.5 Å². The minimum absolute atomic E-state index is 0.238. The molecule has 9 heteroatoms. The lowest BCUT2D eigenvalue weighted by molar-refractivity contribution is 0.0941. The van der Waals surface area contributed by atoms with Crippen LogP contribution in [0.2, 0.25) is 0 Å². The fourth-order valence-electron chi connectivity index (χ4n) is 4.74. The van der Waals surface area contributed by atoms with Crippen LogP contribution in [0.5, 0.6) is 0 Å². The molecule has 0 unspecified atom stereocenters. The van der Waals surface area contributed by atoms with E-state index in [1.807, 2.05) is 0 Å². The number of halogens is 3. The average Bonchev–Trinajstić information content (AvgIpc) is 3.45. The second-order valence-electron chi connectivity index (χ2n) is 8.70. The quantitative estimate of drug-likeness (QED) is 0.602. The molecule has 1 saturated heterocycles. The van der Waals surface area contributed by atoms with Crippen LogP contribution < -0.4 is 10.2 Å². The summed E-state index contributed by atoms with van der Waals surface area (Å²) >= 11 is 0. The third kappa shape index (κ3) is 4.52. The van der Waals surface area contributed by atoms with Crippen molar-refractivity contribution < 1.29 is 18.0 Å². The van der Waals surface area contributed by atoms with Crippen molar-refractivity contribution in [3.8, 4) is 5.69 Å². The molecule has 2 heterocycles. The van der Waals surface area contributed by atoms with Crippen molar-refractivity contribution in [1.29, 1.82) is 0 Å². The zero-order chi connectivity index (χ0) is 23.7. The number of nitrogens with zero attached hydrogens (tertiary/aromatic N) is 4. The fourth-order valence-corrected chi connectivity index (χ4v) is 4.74. The highest BCUT2D eigenvalue weighted by atomic mass is 19.2. The van der Waals surface area contributed by atoms with Gasteiger partial charge in [0.15, 0.2) is 17.3 Å². The number of carbonyl (C=O) groups is 1. The molecule has 0 bridgehead atoms. The Kier molecular flexibility index (Phi) is 6.28. The first-order chi connectivity index (χ1) is 16.5. The molecule has 1 amide bonds. The maximum absolute atomic E-state index is 13.7. The topological polar surface area (TPSA) is 53.4 Å². The van der Waals surface area contributed by atoms with Crippen LogP contribution in [-0.2, 0) is 12.8 Å². The average molecular weight is 470 g/mol. The summed E-state index contributed by atoms with van der Waals surface area (Å²) in [6.45, 7) is 4.59. The molecule has 2 aliphatic rings. The molecule has 0 saturated carbocycles. The zero-order valence-electron chi connectivity index (χ0n) is 18.7. The monoisotopic (exact) mass is 469 g/mol. The van der Waals surface area contributed by atoms with E-state index >= 15 is 0 Å². The Morgan fingerprint density at radius 3 is 2.38 bits per heavy atom. The Hall–Kier alpha value is -3.33. The van der Waals surface area contributed by atoms with Gasteiger partial charge in [-0.15, -0.1) is 0 Å². The van der Waals surface area contributed by atoms with E-state index < -0.39 is 11.6 Å². The molecule has 34 heavy (non-hydrogen) atoms. The SMILES string of the molecule is O=C(NCCN1CCN(c2ccc(F)cc2)CC1)c1nn(-c2ccc(F)c(F)c2)c2c1CCC2. The number of hydrogen-bond donors (Lipinski definition) is 1. The van der Waals surface area contributed by atoms with Gasteiger partial charge in [0.2, 0.25) is 0 Å². The standard InChI is InChI=1S/C25H26F3N5O/c26-17-4-6-18(7-5-17)32-14-12-31(13-15-32)11-10-29-25(34)24-20-2-1-3-23(20)33(30-24)19-8-9-21(27)22(28)16-19/h4-9,16H,1-3,10-15H2,(H,29,34). The number of hydrogen-bond acceptors (Lipinski definition) is 4. The summed E-state index contributed by atoms with van der Waals surface area (Å²) < 4.78 is 41.8. The maximum atomic E-state index is 13.7. The molecule has 1 fully saturated rings. The van der Waals surface area contributed by atoms with Crippen molar-refractivity contribution in [2.45, 2.75) is 19.3 Å². The molecule has 1 N–H and O–H groups in total. The predicted octanol–water partition coefficient (Wildman–Crippen LogP) is 3.33. The fraction of sp³-hybridized carbons (Fsp3) is 0.360. The van der Waals surface area contributed by atoms with E-state index in [9.17, 15) is 18.0 Å². The third-order valence-corrected chi connectivity index (χ3v) is 6.57. The molecule has 0 radical (unpaired) electrons. The van der Waals surface area contributed by atoms with Gasteiger partial charge >= 0.3 is 0 Å². The summed E-state index contributed by atoms with van der Waals surface area (Å²) in [7, 11) is 0. The van der Waals surface area contributed by atoms with Gasteiger partial charge in [-0.3, -0.25) is 9.69 Å². The molecule has 0 atom stereocenters. The number of amides is 1. The lowest BCUT2D eigenvalue weighted by atomic mass is 10.2. The van der Waals surface area contributed by atoms with Gasteiger partial charge in [0.1, 0.15) is 5.82 Å². The van der Waals surface area contributed by atoms with E-state index in [1.54, 1.807) is 16.8 Å². The van der Waals surface area contributed by atoms with Crippen LogP contribution in [0.1, 0.15) is 28.2 Å². The minimum atomic E-state index is -0.940. The minimum Gasteiger partial charge on any atom is -0.369 e. The lowest BCUT2D eigenvalue weighted by Gasteiger charge is -2.36. The smallest absolute Gasteiger partial charge is 0.272 e. The molecule has 3 aromatic rings. The number of anilines is 1. The molecule has 1 aliphatic heterocycles. The van der Waals surface area contributed by atoms with E-state index in [4.69, 9.17) is 0 Å². The molecule has 178 valence electrons. The van der Waals surface area contributed by atoms with E-state index in [0.29, 0.717) is 17.9 Å². The first-order valence-corrected chi connectivity index (χ1v) is 11.6. The summed E-state index contributed by atoms with van der Waals surface area (Å²) in [6.07, 6.45) is 2.38. The van der Waals surface area contributed by atoms with Crippen LogP contribution in [-0.4, -0.2) is 59.9 Å². The van der Waals surface area contributed by atoms with Gasteiger partial charge in [-0.05, 0) is 55.7 Å². The Bertz CT molecular complexity index is 1190. The first-order valence-electron chi connectivity index (χ1n) is 11.6. The molecule has 1 aliphatic carbocycles. The van der Waals surface area contributed by atoms with E-state index in [-0.39, 0.29) is 11.7 Å². The number of fused-ring (bicyclic) bond motifs is 1. The van der Waals surface area contributed by atoms with Gasteiger partial charge in [0.05, 0.1) is 5.69 Å². The van der Waals surface area contributed by atoms with Crippen LogP contribution in [0.25, 0.3) is 5.69 Å². The molecule has 1 aromatic heterocycles. The Morgan fingerprint density at radius 2 is 1.65 bits per heavy atom. The van der Waals surface area contributed by atoms with Crippen LogP contribution in [0.3, 0.4) is 0 Å². The number of piperazine rings is 1. The summed E-state index contributed by atoms with van der Waals surface area (Å²) in [6, 6.07) is 10.2. The lowest BCUT2D eigenvalue weighted by Crippen LogP contribution is -2.48. The van der Waals surface area contributed by atoms with Gasteiger partial charge in [0.25, 0.3) is 5.91 Å². The highest BCUT2D eigenvalue weighted by Gasteiger charge is 2.27. The third-order valence-electron chi connectivity index (χ3n) is 6.57. The van der Waals surface area contributed by atoms with Crippen molar-refractivity contribution in [3.63, 3.8) is 0 Å². The van der Waals surface area contributed by atoms with E-state index in [2.05, 4.69) is 20.2 Å².